The molecule has 0 bridgehead atoms. The fourth-order valence-electron chi connectivity index (χ4n) is 1.10. The van der Waals surface area contributed by atoms with Crippen molar-refractivity contribution in [3.05, 3.63) is 35.4 Å². The molecule has 6 heteroatoms. The molecule has 0 unspecified atom stereocenters. The van der Waals surface area contributed by atoms with Gasteiger partial charge in [0.25, 0.3) is 0 Å². The van der Waals surface area contributed by atoms with Crippen LogP contribution in [0.5, 0.6) is 0 Å². The van der Waals surface area contributed by atoms with Gasteiger partial charge in [-0.3, -0.25) is 0 Å². The fourth-order valence-corrected chi connectivity index (χ4v) is 1.25. The zero-order valence-corrected chi connectivity index (χ0v) is 8.82. The number of aromatic nitrogens is 3. The zero-order valence-electron chi connectivity index (χ0n) is 8.07. The zero-order chi connectivity index (χ0) is 10.7. The molecule has 78 valence electrons. The van der Waals surface area contributed by atoms with Crippen LogP contribution in [-0.4, -0.2) is 15.0 Å². The van der Waals surface area contributed by atoms with E-state index >= 15 is 0 Å². The van der Waals surface area contributed by atoms with Crippen molar-refractivity contribution >= 4 is 17.4 Å². The number of hydrogen-bond acceptors (Lipinski definition) is 5. The number of nitrogens with one attached hydrogen (secondary N) is 1. The van der Waals surface area contributed by atoms with Crippen molar-refractivity contribution in [1.29, 1.82) is 0 Å². The normalized spacial score (nSPS) is 10.3. The van der Waals surface area contributed by atoms with Gasteiger partial charge in [0, 0.05) is 6.07 Å². The van der Waals surface area contributed by atoms with Gasteiger partial charge < -0.3 is 9.73 Å². The maximum Gasteiger partial charge on any atom is 0.181 e. The van der Waals surface area contributed by atoms with Gasteiger partial charge in [-0.25, -0.2) is 15.0 Å². The van der Waals surface area contributed by atoms with Gasteiger partial charge >= 0.3 is 0 Å². The number of halogens is 1. The lowest BCUT2D eigenvalue weighted by molar-refractivity contribution is 0.524. The largest absolute Gasteiger partial charge is 0.448 e. The lowest BCUT2D eigenvalue weighted by Crippen LogP contribution is -2.02. The van der Waals surface area contributed by atoms with Gasteiger partial charge in [-0.2, -0.15) is 0 Å². The molecular weight excluding hydrogens is 216 g/mol. The number of rotatable bonds is 3. The third kappa shape index (κ3) is 2.44. The van der Waals surface area contributed by atoms with Crippen molar-refractivity contribution in [2.24, 2.45) is 0 Å². The van der Waals surface area contributed by atoms with Gasteiger partial charge in [0.1, 0.15) is 28.8 Å². The molecule has 15 heavy (non-hydrogen) atoms. The van der Waals surface area contributed by atoms with Gasteiger partial charge in [-0.05, 0) is 6.92 Å². The minimum absolute atomic E-state index is 0.407. The molecule has 2 rings (SSSR count). The summed E-state index contributed by atoms with van der Waals surface area (Å²) in [7, 11) is 0. The highest BCUT2D eigenvalue weighted by Crippen LogP contribution is 2.11. The summed E-state index contributed by atoms with van der Waals surface area (Å²) in [4.78, 5) is 11.8. The number of hydrogen-bond donors (Lipinski definition) is 1. The molecular formula is C9H9ClN4O. The Kier molecular flexibility index (Phi) is 2.82. The van der Waals surface area contributed by atoms with Gasteiger partial charge in [-0.1, -0.05) is 11.6 Å². The lowest BCUT2D eigenvalue weighted by atomic mass is 10.3. The van der Waals surface area contributed by atoms with Crippen molar-refractivity contribution in [3.63, 3.8) is 0 Å². The summed E-state index contributed by atoms with van der Waals surface area (Å²) in [5.74, 6) is 1.46. The topological polar surface area (TPSA) is 63.8 Å². The first-order valence-corrected chi connectivity index (χ1v) is 4.74. The van der Waals surface area contributed by atoms with Crippen LogP contribution in [0.4, 0.5) is 5.82 Å². The molecule has 2 heterocycles. The predicted octanol–water partition coefficient (Wildman–Crippen LogP) is 2.04. The van der Waals surface area contributed by atoms with Crippen LogP contribution in [0.1, 0.15) is 11.5 Å². The van der Waals surface area contributed by atoms with E-state index in [1.807, 2.05) is 6.92 Å². The van der Waals surface area contributed by atoms with Crippen LogP contribution in [0.2, 0.25) is 5.15 Å². The van der Waals surface area contributed by atoms with Crippen molar-refractivity contribution in [3.8, 4) is 0 Å². The molecule has 2 aromatic rings. The van der Waals surface area contributed by atoms with Crippen molar-refractivity contribution < 1.29 is 4.42 Å². The number of anilines is 1. The Morgan fingerprint density at radius 3 is 2.93 bits per heavy atom. The molecule has 0 aliphatic heterocycles. The van der Waals surface area contributed by atoms with Crippen molar-refractivity contribution in [2.75, 3.05) is 5.32 Å². The van der Waals surface area contributed by atoms with E-state index in [1.54, 1.807) is 6.07 Å². The molecule has 0 radical (unpaired) electrons. The highest BCUT2D eigenvalue weighted by molar-refractivity contribution is 6.29. The number of aryl methyl sites for hydroxylation is 1. The minimum atomic E-state index is 0.407. The quantitative estimate of drug-likeness (QED) is 0.809. The average Bonchev–Trinajstić information content (AvgIpc) is 2.61. The molecule has 0 fully saturated rings. The van der Waals surface area contributed by atoms with E-state index < -0.39 is 0 Å². The molecule has 0 spiro atoms. The third-order valence-corrected chi connectivity index (χ3v) is 2.12. The summed E-state index contributed by atoms with van der Waals surface area (Å²) in [6.45, 7) is 2.41. The lowest BCUT2D eigenvalue weighted by Gasteiger charge is -2.02. The molecule has 0 aliphatic carbocycles. The molecule has 2 aromatic heterocycles. The number of nitrogens with zero attached hydrogens (tertiary/aromatic N) is 3. The van der Waals surface area contributed by atoms with Crippen LogP contribution >= 0.6 is 11.6 Å². The van der Waals surface area contributed by atoms with Crippen molar-refractivity contribution in [1.82, 2.24) is 15.0 Å². The van der Waals surface area contributed by atoms with E-state index in [9.17, 15) is 0 Å². The first-order valence-electron chi connectivity index (χ1n) is 4.36. The minimum Gasteiger partial charge on any atom is -0.448 e. The monoisotopic (exact) mass is 224 g/mol. The standard InChI is InChI=1S/C9H9ClN4O/c1-6-7(14-5-15-6)3-11-9-2-8(10)12-4-13-9/h2,4-5H,3H2,1H3,(H,11,12,13). The summed E-state index contributed by atoms with van der Waals surface area (Å²) in [5.41, 5.74) is 0.852. The smallest absolute Gasteiger partial charge is 0.181 e. The average molecular weight is 225 g/mol. The Hall–Kier alpha value is -1.62. The predicted molar refractivity (Wildman–Crippen MR) is 55.6 cm³/mol. The molecule has 0 amide bonds. The van der Waals surface area contributed by atoms with Gasteiger partial charge in [0.15, 0.2) is 6.39 Å². The van der Waals surface area contributed by atoms with Crippen LogP contribution in [0.15, 0.2) is 23.2 Å². The van der Waals surface area contributed by atoms with Crippen LogP contribution in [0.3, 0.4) is 0 Å². The molecule has 0 saturated heterocycles. The second-order valence-corrected chi connectivity index (χ2v) is 3.32. The summed E-state index contributed by atoms with van der Waals surface area (Å²) < 4.78 is 5.07. The first-order chi connectivity index (χ1) is 7.25. The Morgan fingerprint density at radius 1 is 1.40 bits per heavy atom. The van der Waals surface area contributed by atoms with Crippen LogP contribution in [0.25, 0.3) is 0 Å². The first kappa shape index (κ1) is 9.92. The highest BCUT2D eigenvalue weighted by atomic mass is 35.5. The van der Waals surface area contributed by atoms with Gasteiger partial charge in [0.05, 0.1) is 6.54 Å². The molecule has 0 atom stereocenters. The Bertz CT molecular complexity index is 457. The molecule has 0 aromatic carbocycles. The maximum atomic E-state index is 5.71. The maximum absolute atomic E-state index is 5.71. The molecule has 0 saturated carbocycles. The SMILES string of the molecule is Cc1ocnc1CNc1cc(Cl)ncn1. The Morgan fingerprint density at radius 2 is 2.27 bits per heavy atom. The van der Waals surface area contributed by atoms with Crippen molar-refractivity contribution in [2.45, 2.75) is 13.5 Å². The highest BCUT2D eigenvalue weighted by Gasteiger charge is 2.03. The van der Waals surface area contributed by atoms with Gasteiger partial charge in [0.2, 0.25) is 0 Å². The van der Waals surface area contributed by atoms with Crippen LogP contribution in [0, 0.1) is 6.92 Å². The Balaban J connectivity index is 2.02. The van der Waals surface area contributed by atoms with E-state index in [2.05, 4.69) is 20.3 Å². The second-order valence-electron chi connectivity index (χ2n) is 2.93. The van der Waals surface area contributed by atoms with E-state index in [0.717, 1.165) is 11.5 Å². The van der Waals surface area contributed by atoms with E-state index in [-0.39, 0.29) is 0 Å². The summed E-state index contributed by atoms with van der Waals surface area (Å²) in [6, 6.07) is 1.65. The third-order valence-electron chi connectivity index (χ3n) is 1.92. The van der Waals surface area contributed by atoms with E-state index in [1.165, 1.54) is 12.7 Å². The molecule has 1 N–H and O–H groups in total. The van der Waals surface area contributed by atoms with E-state index in [0.29, 0.717) is 17.5 Å². The summed E-state index contributed by atoms with van der Waals surface area (Å²) in [5, 5.41) is 3.48. The van der Waals surface area contributed by atoms with Gasteiger partial charge in [-0.15, -0.1) is 0 Å². The van der Waals surface area contributed by atoms with E-state index in [4.69, 9.17) is 16.0 Å². The van der Waals surface area contributed by atoms with Crippen LogP contribution in [-0.2, 0) is 6.54 Å². The summed E-state index contributed by atoms with van der Waals surface area (Å²) in [6.07, 6.45) is 2.82. The summed E-state index contributed by atoms with van der Waals surface area (Å²) >= 11 is 5.71. The second kappa shape index (κ2) is 4.27. The van der Waals surface area contributed by atoms with Crippen LogP contribution < -0.4 is 5.32 Å². The fraction of sp³-hybridized carbons (Fsp3) is 0.222. The Labute approximate surface area is 91.5 Å². The molecule has 5 nitrogen and oxygen atoms in total. The number of oxazole rings is 1. The molecule has 0 aliphatic rings.